The molecule has 1 N–H and O–H groups in total. The van der Waals surface area contributed by atoms with Gasteiger partial charge in [-0.25, -0.2) is 0 Å². The Labute approximate surface area is 382 Å². The minimum Gasteiger partial charge on any atom is -0.465 e. The molecule has 0 spiro atoms. The minimum atomic E-state index is 0.00386. The molecule has 6 heteroatoms. The Kier molecular flexibility index (Phi) is 48.9. The summed E-state index contributed by atoms with van der Waals surface area (Å²) in [6.45, 7) is 12.7. The first-order chi connectivity index (χ1) is 30.0. The highest BCUT2D eigenvalue weighted by Gasteiger charge is 2.15. The third-order valence-corrected chi connectivity index (χ3v) is 13.1. The van der Waals surface area contributed by atoms with Crippen molar-refractivity contribution in [2.24, 2.45) is 5.92 Å². The molecule has 0 aromatic carbocycles. The van der Waals surface area contributed by atoms with E-state index in [0.29, 0.717) is 25.4 Å². The maximum Gasteiger partial charge on any atom is 0.306 e. The van der Waals surface area contributed by atoms with Gasteiger partial charge < -0.3 is 19.5 Å². The van der Waals surface area contributed by atoms with Crippen LogP contribution in [0.25, 0.3) is 0 Å². The van der Waals surface area contributed by atoms with Crippen molar-refractivity contribution in [3.63, 3.8) is 0 Å². The number of esters is 2. The van der Waals surface area contributed by atoms with Gasteiger partial charge in [0, 0.05) is 19.4 Å². The Morgan fingerprint density at radius 2 is 0.721 bits per heavy atom. The van der Waals surface area contributed by atoms with Gasteiger partial charge in [0.2, 0.25) is 0 Å². The summed E-state index contributed by atoms with van der Waals surface area (Å²) >= 11 is 0. The Bertz CT molecular complexity index is 866. The number of carbonyl (C=O) groups excluding carboxylic acids is 2. The van der Waals surface area contributed by atoms with Gasteiger partial charge in [0.25, 0.3) is 0 Å². The molecule has 0 radical (unpaired) electrons. The third-order valence-electron chi connectivity index (χ3n) is 13.1. The molecule has 0 aliphatic heterocycles. The summed E-state index contributed by atoms with van der Waals surface area (Å²) in [5.74, 6) is 0.553. The van der Waals surface area contributed by atoms with Gasteiger partial charge in [0.05, 0.1) is 13.2 Å². The average Bonchev–Trinajstić information content (AvgIpc) is 3.25. The quantitative estimate of drug-likeness (QED) is 0.0485. The van der Waals surface area contributed by atoms with E-state index in [-0.39, 0.29) is 24.6 Å². The van der Waals surface area contributed by atoms with Gasteiger partial charge in [-0.05, 0) is 83.2 Å². The van der Waals surface area contributed by atoms with E-state index >= 15 is 0 Å². The van der Waals surface area contributed by atoms with E-state index in [1.54, 1.807) is 0 Å². The molecule has 0 rings (SSSR count). The first-order valence-electron chi connectivity index (χ1n) is 27.7. The standard InChI is InChI=1S/C55H109NO5/c1-5-9-13-17-21-22-26-34-42-52(41-33-25-18-14-10-6-2)51-60-54(58)45-37-29-23-31-39-47-56(49-50-57)48-40-32-24-30-38-46-55(59)61-53(43-35-27-19-15-11-7-3)44-36-28-20-16-12-8-4/h52-53,57H,5-51H2,1-4H3. The SMILES string of the molecule is CCCCCCCCCCC(CCCCCCCC)COC(=O)CCCCCCCN(CCO)CCCCCCCC(=O)OC(CCCCCCCC)CCCCCCCC. The summed E-state index contributed by atoms with van der Waals surface area (Å²) in [6.07, 6.45) is 50.8. The van der Waals surface area contributed by atoms with Crippen LogP contribution in [0.5, 0.6) is 0 Å². The number of carbonyl (C=O) groups is 2. The zero-order chi connectivity index (χ0) is 44.5. The van der Waals surface area contributed by atoms with Gasteiger partial charge in [0.1, 0.15) is 6.10 Å². The van der Waals surface area contributed by atoms with E-state index < -0.39 is 0 Å². The van der Waals surface area contributed by atoms with Gasteiger partial charge in [-0.3, -0.25) is 9.59 Å². The second kappa shape index (κ2) is 49.9. The van der Waals surface area contributed by atoms with Crippen LogP contribution in [0.1, 0.15) is 297 Å². The maximum absolute atomic E-state index is 12.8. The first-order valence-corrected chi connectivity index (χ1v) is 27.7. The molecule has 0 aliphatic rings. The molecular formula is C55H109NO5. The average molecular weight is 864 g/mol. The molecule has 6 nitrogen and oxygen atoms in total. The fourth-order valence-corrected chi connectivity index (χ4v) is 8.93. The lowest BCUT2D eigenvalue weighted by Crippen LogP contribution is -2.29. The van der Waals surface area contributed by atoms with Gasteiger partial charge in [-0.15, -0.1) is 0 Å². The van der Waals surface area contributed by atoms with E-state index in [1.807, 2.05) is 0 Å². The summed E-state index contributed by atoms with van der Waals surface area (Å²) in [6, 6.07) is 0. The van der Waals surface area contributed by atoms with Crippen LogP contribution in [0.15, 0.2) is 0 Å². The topological polar surface area (TPSA) is 76.1 Å². The molecule has 0 aliphatic carbocycles. The summed E-state index contributed by atoms with van der Waals surface area (Å²) in [4.78, 5) is 27.8. The van der Waals surface area contributed by atoms with Crippen molar-refractivity contribution in [1.82, 2.24) is 4.90 Å². The molecular weight excluding hydrogens is 755 g/mol. The number of hydrogen-bond acceptors (Lipinski definition) is 6. The number of unbranched alkanes of at least 4 members (excludes halogenated alkanes) is 30. The lowest BCUT2D eigenvalue weighted by molar-refractivity contribution is -0.150. The van der Waals surface area contributed by atoms with Crippen molar-refractivity contribution in [3.8, 4) is 0 Å². The maximum atomic E-state index is 12.8. The van der Waals surface area contributed by atoms with Gasteiger partial charge in [-0.2, -0.15) is 0 Å². The summed E-state index contributed by atoms with van der Waals surface area (Å²) < 4.78 is 11.9. The van der Waals surface area contributed by atoms with Gasteiger partial charge in [0.15, 0.2) is 0 Å². The molecule has 364 valence electrons. The molecule has 0 bridgehead atoms. The number of rotatable bonds is 51. The van der Waals surface area contributed by atoms with Crippen LogP contribution in [-0.2, 0) is 19.1 Å². The highest BCUT2D eigenvalue weighted by atomic mass is 16.5. The van der Waals surface area contributed by atoms with Gasteiger partial charge >= 0.3 is 11.9 Å². The van der Waals surface area contributed by atoms with Crippen LogP contribution in [0.2, 0.25) is 0 Å². The Balaban J connectivity index is 4.20. The predicted octanol–water partition coefficient (Wildman–Crippen LogP) is 16.8. The summed E-state index contributed by atoms with van der Waals surface area (Å²) in [5.41, 5.74) is 0. The molecule has 0 saturated heterocycles. The largest absolute Gasteiger partial charge is 0.465 e. The van der Waals surface area contributed by atoms with Crippen molar-refractivity contribution < 1.29 is 24.2 Å². The molecule has 0 heterocycles. The van der Waals surface area contributed by atoms with Crippen LogP contribution in [-0.4, -0.2) is 60.9 Å². The lowest BCUT2D eigenvalue weighted by atomic mass is 9.94. The lowest BCUT2D eigenvalue weighted by Gasteiger charge is -2.21. The fraction of sp³-hybridized carbons (Fsp3) is 0.964. The highest BCUT2D eigenvalue weighted by molar-refractivity contribution is 5.69. The second-order valence-electron chi connectivity index (χ2n) is 19.2. The van der Waals surface area contributed by atoms with E-state index in [1.165, 1.54) is 193 Å². The first kappa shape index (κ1) is 59.9. The van der Waals surface area contributed by atoms with Gasteiger partial charge in [-0.1, -0.05) is 220 Å². The zero-order valence-electron chi connectivity index (χ0n) is 41.9. The van der Waals surface area contributed by atoms with Crippen molar-refractivity contribution in [1.29, 1.82) is 0 Å². The summed E-state index contributed by atoms with van der Waals surface area (Å²) in [7, 11) is 0. The number of aliphatic hydroxyl groups excluding tert-OH is 1. The molecule has 1 atom stereocenters. The van der Waals surface area contributed by atoms with Crippen molar-refractivity contribution >= 4 is 11.9 Å². The van der Waals surface area contributed by atoms with E-state index in [2.05, 4.69) is 32.6 Å². The van der Waals surface area contributed by atoms with Crippen LogP contribution in [0, 0.1) is 5.92 Å². The van der Waals surface area contributed by atoms with Crippen LogP contribution >= 0.6 is 0 Å². The number of nitrogens with zero attached hydrogens (tertiary/aromatic N) is 1. The Morgan fingerprint density at radius 1 is 0.393 bits per heavy atom. The molecule has 61 heavy (non-hydrogen) atoms. The fourth-order valence-electron chi connectivity index (χ4n) is 8.93. The Hall–Kier alpha value is -1.14. The molecule has 0 aromatic heterocycles. The van der Waals surface area contributed by atoms with Crippen LogP contribution in [0.3, 0.4) is 0 Å². The number of hydrogen-bond donors (Lipinski definition) is 1. The molecule has 1 unspecified atom stereocenters. The number of ether oxygens (including phenoxy) is 2. The van der Waals surface area contributed by atoms with E-state index in [0.717, 1.165) is 83.8 Å². The predicted molar refractivity (Wildman–Crippen MR) is 264 cm³/mol. The molecule has 0 aromatic rings. The normalized spacial score (nSPS) is 12.2. The Morgan fingerprint density at radius 3 is 1.11 bits per heavy atom. The molecule has 0 amide bonds. The molecule has 0 saturated carbocycles. The van der Waals surface area contributed by atoms with Crippen LogP contribution < -0.4 is 0 Å². The zero-order valence-corrected chi connectivity index (χ0v) is 41.9. The highest BCUT2D eigenvalue weighted by Crippen LogP contribution is 2.22. The smallest absolute Gasteiger partial charge is 0.306 e. The monoisotopic (exact) mass is 864 g/mol. The van der Waals surface area contributed by atoms with Crippen molar-refractivity contribution in [2.75, 3.05) is 32.8 Å². The third kappa shape index (κ3) is 45.2. The molecule has 0 fully saturated rings. The van der Waals surface area contributed by atoms with Crippen LogP contribution in [0.4, 0.5) is 0 Å². The number of aliphatic hydroxyl groups is 1. The van der Waals surface area contributed by atoms with E-state index in [4.69, 9.17) is 9.47 Å². The minimum absolute atomic E-state index is 0.00386. The second-order valence-corrected chi connectivity index (χ2v) is 19.2. The summed E-state index contributed by atoms with van der Waals surface area (Å²) in [5, 5.41) is 9.66. The van der Waals surface area contributed by atoms with Crippen molar-refractivity contribution in [2.45, 2.75) is 303 Å². The van der Waals surface area contributed by atoms with Crippen molar-refractivity contribution in [3.05, 3.63) is 0 Å². The van der Waals surface area contributed by atoms with E-state index in [9.17, 15) is 14.7 Å².